The first-order valence-electron chi connectivity index (χ1n) is 10.2. The predicted octanol–water partition coefficient (Wildman–Crippen LogP) is 5.29. The minimum atomic E-state index is -0.444. The molecule has 0 aliphatic rings. The number of nitrogens with one attached hydrogen (secondary N) is 1. The number of rotatable bonds is 7. The Morgan fingerprint density at radius 1 is 1.00 bits per heavy atom. The average Bonchev–Trinajstić information content (AvgIpc) is 2.82. The van der Waals surface area contributed by atoms with Crippen LogP contribution in [0.15, 0.2) is 93.7 Å². The van der Waals surface area contributed by atoms with Gasteiger partial charge in [-0.2, -0.15) is 0 Å². The maximum atomic E-state index is 13.3. The van der Waals surface area contributed by atoms with Gasteiger partial charge < -0.3 is 5.32 Å². The van der Waals surface area contributed by atoms with Gasteiger partial charge in [0.15, 0.2) is 5.16 Å². The molecule has 7 heteroatoms. The van der Waals surface area contributed by atoms with E-state index < -0.39 is 5.25 Å². The third kappa shape index (κ3) is 4.89. The van der Waals surface area contributed by atoms with Crippen LogP contribution in [0.25, 0.3) is 10.9 Å². The molecular weight excluding hydrogens is 438 g/mol. The topological polar surface area (TPSA) is 64.0 Å². The van der Waals surface area contributed by atoms with E-state index >= 15 is 0 Å². The fraction of sp³-hybridized carbons (Fsp3) is 0.160. The number of carbonyl (C=O) groups is 1. The third-order valence-corrected chi connectivity index (χ3v) is 6.91. The Kier molecular flexibility index (Phi) is 6.97. The Morgan fingerprint density at radius 2 is 1.69 bits per heavy atom. The summed E-state index contributed by atoms with van der Waals surface area (Å²) in [5, 5.41) is 3.66. The summed E-state index contributed by atoms with van der Waals surface area (Å²) in [6.07, 6.45) is 1.98. The van der Waals surface area contributed by atoms with Crippen molar-refractivity contribution in [2.24, 2.45) is 0 Å². The number of aromatic nitrogens is 2. The summed E-state index contributed by atoms with van der Waals surface area (Å²) in [6, 6.07) is 24.8. The Morgan fingerprint density at radius 3 is 2.47 bits per heavy atom. The zero-order valence-electron chi connectivity index (χ0n) is 17.8. The van der Waals surface area contributed by atoms with E-state index in [1.807, 2.05) is 86.0 Å². The van der Waals surface area contributed by atoms with Crippen molar-refractivity contribution in [1.82, 2.24) is 9.55 Å². The monoisotopic (exact) mass is 461 g/mol. The van der Waals surface area contributed by atoms with Crippen LogP contribution in [0.2, 0.25) is 0 Å². The van der Waals surface area contributed by atoms with Crippen molar-refractivity contribution in [3.63, 3.8) is 0 Å². The van der Waals surface area contributed by atoms with Crippen molar-refractivity contribution >= 4 is 46.0 Å². The number of hydrogen-bond acceptors (Lipinski definition) is 5. The second kappa shape index (κ2) is 10.1. The molecule has 0 saturated heterocycles. The van der Waals surface area contributed by atoms with Gasteiger partial charge in [-0.05, 0) is 43.0 Å². The molecule has 0 fully saturated rings. The Labute approximate surface area is 195 Å². The van der Waals surface area contributed by atoms with Gasteiger partial charge >= 0.3 is 0 Å². The highest BCUT2D eigenvalue weighted by Gasteiger charge is 2.20. The normalized spacial score (nSPS) is 11.9. The number of anilines is 1. The molecule has 1 heterocycles. The minimum absolute atomic E-state index is 0.109. The molecule has 0 aliphatic carbocycles. The summed E-state index contributed by atoms with van der Waals surface area (Å²) >= 11 is 2.87. The van der Waals surface area contributed by atoms with Crippen LogP contribution < -0.4 is 10.9 Å². The highest BCUT2D eigenvalue weighted by molar-refractivity contribution is 8.00. The van der Waals surface area contributed by atoms with Crippen LogP contribution in [0.5, 0.6) is 0 Å². The molecule has 1 unspecified atom stereocenters. The largest absolute Gasteiger partial charge is 0.324 e. The Balaban J connectivity index is 1.65. The maximum absolute atomic E-state index is 13.3. The standard InChI is InChI=1S/C25H23N3O2S2/c1-17(23(29)26-21-14-8-9-15-22(21)31-2)32-25-27-20-13-7-6-12-19(20)24(30)28(25)16-18-10-4-3-5-11-18/h3-15,17H,16H2,1-2H3,(H,26,29). The van der Waals surface area contributed by atoms with Crippen molar-refractivity contribution in [3.8, 4) is 0 Å². The van der Waals surface area contributed by atoms with Crippen LogP contribution in [0.1, 0.15) is 12.5 Å². The third-order valence-electron chi connectivity index (χ3n) is 5.03. The van der Waals surface area contributed by atoms with Crippen LogP contribution in [0.4, 0.5) is 5.69 Å². The number of benzene rings is 3. The molecule has 1 aromatic heterocycles. The molecule has 1 atom stereocenters. The number of nitrogens with zero attached hydrogens (tertiary/aromatic N) is 2. The van der Waals surface area contributed by atoms with Gasteiger partial charge in [0.1, 0.15) is 0 Å². The molecular formula is C25H23N3O2S2. The SMILES string of the molecule is CSc1ccccc1NC(=O)C(C)Sc1nc2ccccc2c(=O)n1Cc1ccccc1. The fourth-order valence-electron chi connectivity index (χ4n) is 3.34. The van der Waals surface area contributed by atoms with Gasteiger partial charge in [0.2, 0.25) is 5.91 Å². The van der Waals surface area contributed by atoms with Gasteiger partial charge in [-0.15, -0.1) is 11.8 Å². The molecule has 3 aromatic carbocycles. The molecule has 1 N–H and O–H groups in total. The van der Waals surface area contributed by atoms with E-state index in [1.165, 1.54) is 11.8 Å². The molecule has 0 radical (unpaired) electrons. The van der Waals surface area contributed by atoms with E-state index in [2.05, 4.69) is 5.32 Å². The quantitative estimate of drug-likeness (QED) is 0.299. The number of fused-ring (bicyclic) bond motifs is 1. The molecule has 32 heavy (non-hydrogen) atoms. The van der Waals surface area contributed by atoms with E-state index in [0.717, 1.165) is 16.1 Å². The lowest BCUT2D eigenvalue weighted by atomic mass is 10.2. The van der Waals surface area contributed by atoms with Crippen LogP contribution >= 0.6 is 23.5 Å². The fourth-order valence-corrected chi connectivity index (χ4v) is 4.80. The first kappa shape index (κ1) is 22.2. The van der Waals surface area contributed by atoms with Crippen molar-refractivity contribution in [2.45, 2.75) is 28.8 Å². The number of para-hydroxylation sites is 2. The Hall–Kier alpha value is -3.03. The van der Waals surface area contributed by atoms with Crippen LogP contribution in [0.3, 0.4) is 0 Å². The van der Waals surface area contributed by atoms with E-state index in [4.69, 9.17) is 4.98 Å². The lowest BCUT2D eigenvalue weighted by molar-refractivity contribution is -0.115. The van der Waals surface area contributed by atoms with E-state index in [0.29, 0.717) is 22.6 Å². The molecule has 0 saturated carbocycles. The van der Waals surface area contributed by atoms with Crippen molar-refractivity contribution in [2.75, 3.05) is 11.6 Å². The zero-order valence-corrected chi connectivity index (χ0v) is 19.5. The van der Waals surface area contributed by atoms with Gasteiger partial charge in [-0.3, -0.25) is 14.2 Å². The van der Waals surface area contributed by atoms with Gasteiger partial charge in [-0.25, -0.2) is 4.98 Å². The molecule has 0 spiro atoms. The second-order valence-corrected chi connectivity index (χ2v) is 9.39. The second-order valence-electron chi connectivity index (χ2n) is 7.24. The average molecular weight is 462 g/mol. The molecule has 0 aliphatic heterocycles. The van der Waals surface area contributed by atoms with E-state index in [9.17, 15) is 9.59 Å². The number of hydrogen-bond donors (Lipinski definition) is 1. The van der Waals surface area contributed by atoms with Crippen LogP contribution in [0, 0.1) is 0 Å². The summed E-state index contributed by atoms with van der Waals surface area (Å²) in [4.78, 5) is 32.0. The number of thioether (sulfide) groups is 2. The van der Waals surface area contributed by atoms with Gasteiger partial charge in [0, 0.05) is 4.90 Å². The first-order chi connectivity index (χ1) is 15.6. The number of amides is 1. The summed E-state index contributed by atoms with van der Waals surface area (Å²) in [5.74, 6) is -0.134. The molecule has 4 rings (SSSR count). The van der Waals surface area contributed by atoms with E-state index in [-0.39, 0.29) is 11.5 Å². The summed E-state index contributed by atoms with van der Waals surface area (Å²) in [6.45, 7) is 2.22. The highest BCUT2D eigenvalue weighted by Crippen LogP contribution is 2.27. The molecule has 5 nitrogen and oxygen atoms in total. The zero-order chi connectivity index (χ0) is 22.5. The van der Waals surface area contributed by atoms with Gasteiger partial charge in [-0.1, -0.05) is 66.4 Å². The van der Waals surface area contributed by atoms with Crippen molar-refractivity contribution < 1.29 is 4.79 Å². The smallest absolute Gasteiger partial charge is 0.262 e. The summed E-state index contributed by atoms with van der Waals surface area (Å²) < 4.78 is 1.65. The highest BCUT2D eigenvalue weighted by atomic mass is 32.2. The summed E-state index contributed by atoms with van der Waals surface area (Å²) in [5.41, 5.74) is 2.30. The molecule has 1 amide bonds. The summed E-state index contributed by atoms with van der Waals surface area (Å²) in [7, 11) is 0. The van der Waals surface area contributed by atoms with Gasteiger partial charge in [0.05, 0.1) is 28.4 Å². The first-order valence-corrected chi connectivity index (χ1v) is 12.3. The lowest BCUT2D eigenvalue weighted by Gasteiger charge is -2.17. The number of carbonyl (C=O) groups excluding carboxylic acids is 1. The van der Waals surface area contributed by atoms with E-state index in [1.54, 1.807) is 22.4 Å². The lowest BCUT2D eigenvalue weighted by Crippen LogP contribution is -2.27. The Bertz CT molecular complexity index is 1310. The minimum Gasteiger partial charge on any atom is -0.324 e. The molecule has 162 valence electrons. The van der Waals surface area contributed by atoms with Crippen molar-refractivity contribution in [1.29, 1.82) is 0 Å². The predicted molar refractivity (Wildman–Crippen MR) is 134 cm³/mol. The molecule has 4 aromatic rings. The molecule has 0 bridgehead atoms. The van der Waals surface area contributed by atoms with Crippen LogP contribution in [-0.2, 0) is 11.3 Å². The van der Waals surface area contributed by atoms with Crippen LogP contribution in [-0.4, -0.2) is 27.0 Å². The van der Waals surface area contributed by atoms with Gasteiger partial charge in [0.25, 0.3) is 5.56 Å². The maximum Gasteiger partial charge on any atom is 0.262 e. The van der Waals surface area contributed by atoms with Crippen molar-refractivity contribution in [3.05, 3.63) is 94.8 Å².